The summed E-state index contributed by atoms with van der Waals surface area (Å²) in [5, 5.41) is 3.67. The number of likely N-dealkylation sites (tertiary alicyclic amines) is 1. The van der Waals surface area contributed by atoms with Crippen molar-refractivity contribution < 1.29 is 0 Å². The largest absolute Gasteiger partial charge is 0.384 e. The summed E-state index contributed by atoms with van der Waals surface area (Å²) in [6.07, 6.45) is 2.70. The van der Waals surface area contributed by atoms with E-state index in [4.69, 9.17) is 0 Å². The summed E-state index contributed by atoms with van der Waals surface area (Å²) in [6.45, 7) is 10.2. The molecule has 1 heterocycles. The van der Waals surface area contributed by atoms with Crippen LogP contribution < -0.4 is 5.32 Å². The second-order valence-corrected chi connectivity index (χ2v) is 5.93. The molecule has 0 amide bonds. The first-order valence-corrected chi connectivity index (χ1v) is 7.06. The van der Waals surface area contributed by atoms with Gasteiger partial charge in [0.2, 0.25) is 0 Å². The minimum atomic E-state index is 0.795. The SMILES string of the molecule is Cc1cc(C)c(NCC2CCCN(C)C2)c(C)c1. The van der Waals surface area contributed by atoms with Crippen molar-refractivity contribution in [2.45, 2.75) is 33.6 Å². The van der Waals surface area contributed by atoms with Crippen LogP contribution in [-0.2, 0) is 0 Å². The van der Waals surface area contributed by atoms with E-state index in [-0.39, 0.29) is 0 Å². The number of anilines is 1. The number of rotatable bonds is 3. The fourth-order valence-electron chi connectivity index (χ4n) is 3.15. The number of hydrogen-bond acceptors (Lipinski definition) is 2. The fourth-order valence-corrected chi connectivity index (χ4v) is 3.15. The second-order valence-electron chi connectivity index (χ2n) is 5.93. The molecule has 1 aromatic carbocycles. The maximum atomic E-state index is 3.67. The number of aryl methyl sites for hydroxylation is 3. The van der Waals surface area contributed by atoms with Crippen molar-refractivity contribution in [1.82, 2.24) is 4.90 Å². The lowest BCUT2D eigenvalue weighted by Crippen LogP contribution is -2.35. The average Bonchev–Trinajstić information content (AvgIpc) is 2.27. The molecule has 0 aliphatic carbocycles. The number of hydrogen-bond donors (Lipinski definition) is 1. The minimum Gasteiger partial charge on any atom is -0.384 e. The van der Waals surface area contributed by atoms with Gasteiger partial charge in [0, 0.05) is 18.8 Å². The first-order chi connectivity index (χ1) is 8.56. The van der Waals surface area contributed by atoms with Gasteiger partial charge in [0.1, 0.15) is 0 Å². The van der Waals surface area contributed by atoms with Gasteiger partial charge in [-0.25, -0.2) is 0 Å². The standard InChI is InChI=1S/C16H26N2/c1-12-8-13(2)16(14(3)9-12)17-10-15-6-5-7-18(4)11-15/h8-9,15,17H,5-7,10-11H2,1-4H3. The maximum absolute atomic E-state index is 3.67. The van der Waals surface area contributed by atoms with Gasteiger partial charge in [-0.15, -0.1) is 0 Å². The van der Waals surface area contributed by atoms with E-state index in [1.807, 2.05) is 0 Å². The molecule has 0 saturated carbocycles. The normalized spacial score (nSPS) is 21.0. The average molecular weight is 246 g/mol. The molecule has 1 aliphatic rings. The van der Waals surface area contributed by atoms with Crippen LogP contribution in [0.4, 0.5) is 5.69 Å². The molecule has 1 fully saturated rings. The molecule has 100 valence electrons. The first kappa shape index (κ1) is 13.4. The Kier molecular flexibility index (Phi) is 4.28. The lowest BCUT2D eigenvalue weighted by atomic mass is 9.97. The quantitative estimate of drug-likeness (QED) is 0.879. The number of piperidine rings is 1. The lowest BCUT2D eigenvalue weighted by molar-refractivity contribution is 0.217. The van der Waals surface area contributed by atoms with E-state index in [9.17, 15) is 0 Å². The van der Waals surface area contributed by atoms with Gasteiger partial charge in [-0.2, -0.15) is 0 Å². The van der Waals surface area contributed by atoms with Crippen LogP contribution in [-0.4, -0.2) is 31.6 Å². The molecule has 1 saturated heterocycles. The predicted molar refractivity (Wildman–Crippen MR) is 79.4 cm³/mol. The smallest absolute Gasteiger partial charge is 0.0399 e. The number of nitrogens with zero attached hydrogens (tertiary/aromatic N) is 1. The maximum Gasteiger partial charge on any atom is 0.0399 e. The Labute approximate surface area is 111 Å². The summed E-state index contributed by atoms with van der Waals surface area (Å²) in [5.41, 5.74) is 5.44. The highest BCUT2D eigenvalue weighted by molar-refractivity contribution is 5.58. The molecule has 1 unspecified atom stereocenters. The van der Waals surface area contributed by atoms with Gasteiger partial charge < -0.3 is 10.2 Å². The summed E-state index contributed by atoms with van der Waals surface area (Å²) in [7, 11) is 2.23. The molecule has 0 radical (unpaired) electrons. The Balaban J connectivity index is 1.97. The van der Waals surface area contributed by atoms with Gasteiger partial charge in [0.25, 0.3) is 0 Å². The van der Waals surface area contributed by atoms with Crippen molar-refractivity contribution in [2.75, 3.05) is 32.0 Å². The van der Waals surface area contributed by atoms with Crippen molar-refractivity contribution in [1.29, 1.82) is 0 Å². The van der Waals surface area contributed by atoms with Crippen molar-refractivity contribution in [3.63, 3.8) is 0 Å². The molecular formula is C16H26N2. The molecule has 0 aromatic heterocycles. The summed E-state index contributed by atoms with van der Waals surface area (Å²) in [6, 6.07) is 4.53. The minimum absolute atomic E-state index is 0.795. The lowest BCUT2D eigenvalue weighted by Gasteiger charge is -2.30. The molecule has 2 rings (SSSR count). The Morgan fingerprint density at radius 2 is 1.89 bits per heavy atom. The van der Waals surface area contributed by atoms with Crippen molar-refractivity contribution in [3.05, 3.63) is 28.8 Å². The highest BCUT2D eigenvalue weighted by Crippen LogP contribution is 2.23. The molecule has 1 aliphatic heterocycles. The highest BCUT2D eigenvalue weighted by Gasteiger charge is 2.17. The van der Waals surface area contributed by atoms with Gasteiger partial charge in [-0.05, 0) is 64.3 Å². The van der Waals surface area contributed by atoms with Crippen LogP contribution >= 0.6 is 0 Å². The van der Waals surface area contributed by atoms with Crippen LogP contribution in [0.5, 0.6) is 0 Å². The van der Waals surface area contributed by atoms with Crippen LogP contribution in [0.2, 0.25) is 0 Å². The third-order valence-corrected chi connectivity index (χ3v) is 3.97. The monoisotopic (exact) mass is 246 g/mol. The Morgan fingerprint density at radius 3 is 2.50 bits per heavy atom. The topological polar surface area (TPSA) is 15.3 Å². The van der Waals surface area contributed by atoms with Gasteiger partial charge in [0.15, 0.2) is 0 Å². The molecule has 0 bridgehead atoms. The van der Waals surface area contributed by atoms with Crippen LogP contribution in [0.1, 0.15) is 29.5 Å². The summed E-state index contributed by atoms with van der Waals surface area (Å²) in [5.74, 6) is 0.795. The highest BCUT2D eigenvalue weighted by atomic mass is 15.1. The van der Waals surface area contributed by atoms with Gasteiger partial charge >= 0.3 is 0 Å². The summed E-state index contributed by atoms with van der Waals surface area (Å²) < 4.78 is 0. The predicted octanol–water partition coefficient (Wildman–Crippen LogP) is 3.37. The Hall–Kier alpha value is -1.02. The first-order valence-electron chi connectivity index (χ1n) is 7.06. The third-order valence-electron chi connectivity index (χ3n) is 3.97. The second kappa shape index (κ2) is 5.75. The van der Waals surface area contributed by atoms with Crippen LogP contribution in [0.25, 0.3) is 0 Å². The van der Waals surface area contributed by atoms with Crippen molar-refractivity contribution in [3.8, 4) is 0 Å². The van der Waals surface area contributed by atoms with Crippen LogP contribution in [0.3, 0.4) is 0 Å². The van der Waals surface area contributed by atoms with E-state index in [1.54, 1.807) is 0 Å². The third kappa shape index (κ3) is 3.26. The number of nitrogens with one attached hydrogen (secondary N) is 1. The zero-order valence-corrected chi connectivity index (χ0v) is 12.2. The van der Waals surface area contributed by atoms with Gasteiger partial charge in [-0.3, -0.25) is 0 Å². The Bertz CT molecular complexity index is 389. The fraction of sp³-hybridized carbons (Fsp3) is 0.625. The van der Waals surface area contributed by atoms with Crippen molar-refractivity contribution >= 4 is 5.69 Å². The molecule has 2 heteroatoms. The summed E-state index contributed by atoms with van der Waals surface area (Å²) in [4.78, 5) is 2.45. The molecule has 1 N–H and O–H groups in total. The molecular weight excluding hydrogens is 220 g/mol. The Morgan fingerprint density at radius 1 is 1.22 bits per heavy atom. The molecule has 1 atom stereocenters. The molecule has 2 nitrogen and oxygen atoms in total. The van der Waals surface area contributed by atoms with Crippen molar-refractivity contribution in [2.24, 2.45) is 5.92 Å². The van der Waals surface area contributed by atoms with E-state index >= 15 is 0 Å². The van der Waals surface area contributed by atoms with E-state index in [0.29, 0.717) is 0 Å². The van der Waals surface area contributed by atoms with E-state index in [2.05, 4.69) is 50.2 Å². The zero-order valence-electron chi connectivity index (χ0n) is 12.2. The van der Waals surface area contributed by atoms with Crippen LogP contribution in [0, 0.1) is 26.7 Å². The summed E-state index contributed by atoms with van der Waals surface area (Å²) >= 11 is 0. The molecule has 18 heavy (non-hydrogen) atoms. The molecule has 1 aromatic rings. The van der Waals surface area contributed by atoms with E-state index in [0.717, 1.165) is 12.5 Å². The van der Waals surface area contributed by atoms with E-state index in [1.165, 1.54) is 48.3 Å². The number of benzene rings is 1. The van der Waals surface area contributed by atoms with E-state index < -0.39 is 0 Å². The van der Waals surface area contributed by atoms with Crippen LogP contribution in [0.15, 0.2) is 12.1 Å². The zero-order chi connectivity index (χ0) is 13.1. The van der Waals surface area contributed by atoms with Gasteiger partial charge in [0.05, 0.1) is 0 Å². The van der Waals surface area contributed by atoms with Gasteiger partial charge in [-0.1, -0.05) is 17.7 Å². The molecule has 0 spiro atoms.